The maximum Gasteiger partial charge on any atom is 0.0715 e. The SMILES string of the molecule is Cc1ccc(CN2CCN(Cc3ccccc3CO)CC2)n1C1C=CC=NC1. The minimum atomic E-state index is 0.117. The number of hydrogen-bond acceptors (Lipinski definition) is 4. The normalized spacial score (nSPS) is 20.7. The van der Waals surface area contributed by atoms with Gasteiger partial charge in [-0.1, -0.05) is 30.3 Å². The first-order valence-electron chi connectivity index (χ1n) is 10.2. The Morgan fingerprint density at radius 1 is 0.964 bits per heavy atom. The molecule has 1 saturated heterocycles. The summed E-state index contributed by atoms with van der Waals surface area (Å²) >= 11 is 0. The Morgan fingerprint density at radius 2 is 1.68 bits per heavy atom. The van der Waals surface area contributed by atoms with E-state index >= 15 is 0 Å². The van der Waals surface area contributed by atoms with Crippen molar-refractivity contribution in [2.45, 2.75) is 32.7 Å². The molecule has 1 unspecified atom stereocenters. The van der Waals surface area contributed by atoms with E-state index in [4.69, 9.17) is 0 Å². The van der Waals surface area contributed by atoms with Crippen molar-refractivity contribution in [3.63, 3.8) is 0 Å². The van der Waals surface area contributed by atoms with Crippen molar-refractivity contribution in [3.05, 3.63) is 71.1 Å². The summed E-state index contributed by atoms with van der Waals surface area (Å²) < 4.78 is 2.44. The van der Waals surface area contributed by atoms with Crippen LogP contribution in [0.4, 0.5) is 0 Å². The summed E-state index contributed by atoms with van der Waals surface area (Å²) in [7, 11) is 0. The Bertz CT molecular complexity index is 846. The van der Waals surface area contributed by atoms with E-state index in [0.29, 0.717) is 6.04 Å². The zero-order valence-electron chi connectivity index (χ0n) is 16.7. The van der Waals surface area contributed by atoms with Crippen LogP contribution >= 0.6 is 0 Å². The highest BCUT2D eigenvalue weighted by atomic mass is 16.3. The van der Waals surface area contributed by atoms with Crippen LogP contribution in [0.15, 0.2) is 53.5 Å². The smallest absolute Gasteiger partial charge is 0.0715 e. The summed E-state index contributed by atoms with van der Waals surface area (Å²) in [5.41, 5.74) is 4.97. The third-order valence-corrected chi connectivity index (χ3v) is 5.89. The standard InChI is InChI=1S/C23H30N4O/c1-19-8-9-23(27(19)22-7-4-10-24-15-22)17-26-13-11-25(12-14-26)16-20-5-2-3-6-21(20)18-28/h2-10,22,28H,11-18H2,1H3. The van der Waals surface area contributed by atoms with Gasteiger partial charge < -0.3 is 9.67 Å². The molecule has 28 heavy (non-hydrogen) atoms. The van der Waals surface area contributed by atoms with Gasteiger partial charge in [-0.15, -0.1) is 0 Å². The molecule has 1 aromatic carbocycles. The van der Waals surface area contributed by atoms with Crippen LogP contribution in [0.2, 0.25) is 0 Å². The monoisotopic (exact) mass is 378 g/mol. The number of hydrogen-bond donors (Lipinski definition) is 1. The lowest BCUT2D eigenvalue weighted by Gasteiger charge is -2.35. The molecule has 1 atom stereocenters. The van der Waals surface area contributed by atoms with Gasteiger partial charge >= 0.3 is 0 Å². The van der Waals surface area contributed by atoms with E-state index in [9.17, 15) is 5.11 Å². The average molecular weight is 379 g/mol. The van der Waals surface area contributed by atoms with Gasteiger partial charge in [0.2, 0.25) is 0 Å². The largest absolute Gasteiger partial charge is 0.392 e. The molecule has 1 N–H and O–H groups in total. The van der Waals surface area contributed by atoms with Crippen LogP contribution in [-0.2, 0) is 19.7 Å². The number of aryl methyl sites for hydroxylation is 1. The van der Waals surface area contributed by atoms with Crippen molar-refractivity contribution in [2.24, 2.45) is 4.99 Å². The number of rotatable bonds is 6. The first-order valence-corrected chi connectivity index (χ1v) is 10.2. The second-order valence-corrected chi connectivity index (χ2v) is 7.78. The molecule has 3 heterocycles. The molecule has 5 heteroatoms. The highest BCUT2D eigenvalue weighted by Crippen LogP contribution is 2.22. The second-order valence-electron chi connectivity index (χ2n) is 7.78. The summed E-state index contributed by atoms with van der Waals surface area (Å²) in [5, 5.41) is 9.55. The zero-order chi connectivity index (χ0) is 19.3. The van der Waals surface area contributed by atoms with Gasteiger partial charge in [0, 0.05) is 56.9 Å². The van der Waals surface area contributed by atoms with E-state index < -0.39 is 0 Å². The molecule has 1 aromatic heterocycles. The fourth-order valence-electron chi connectivity index (χ4n) is 4.29. The minimum Gasteiger partial charge on any atom is -0.392 e. The summed E-state index contributed by atoms with van der Waals surface area (Å²) in [6.07, 6.45) is 6.20. The molecule has 0 aliphatic carbocycles. The number of aliphatic hydroxyl groups is 1. The molecule has 5 nitrogen and oxygen atoms in total. The molecule has 2 aromatic rings. The molecule has 0 spiro atoms. The van der Waals surface area contributed by atoms with E-state index in [1.807, 2.05) is 18.3 Å². The fraction of sp³-hybridized carbons (Fsp3) is 0.435. The van der Waals surface area contributed by atoms with Crippen LogP contribution in [0.3, 0.4) is 0 Å². The number of dihydropyridines is 1. The Kier molecular flexibility index (Phi) is 6.05. The van der Waals surface area contributed by atoms with Gasteiger partial charge in [-0.3, -0.25) is 14.8 Å². The highest BCUT2D eigenvalue weighted by molar-refractivity contribution is 5.72. The number of allylic oxidation sites excluding steroid dienone is 1. The number of benzene rings is 1. The molecule has 4 rings (SSSR count). The lowest BCUT2D eigenvalue weighted by molar-refractivity contribution is 0.119. The van der Waals surface area contributed by atoms with Gasteiger partial charge in [0.05, 0.1) is 19.2 Å². The van der Waals surface area contributed by atoms with Crippen LogP contribution in [0, 0.1) is 6.92 Å². The molecule has 148 valence electrons. The molecule has 0 radical (unpaired) electrons. The number of aliphatic hydroxyl groups excluding tert-OH is 1. The van der Waals surface area contributed by atoms with Crippen molar-refractivity contribution < 1.29 is 5.11 Å². The number of aromatic nitrogens is 1. The van der Waals surface area contributed by atoms with Crippen LogP contribution in [0.1, 0.15) is 28.6 Å². The van der Waals surface area contributed by atoms with Crippen LogP contribution < -0.4 is 0 Å². The summed E-state index contributed by atoms with van der Waals surface area (Å²) in [6, 6.07) is 13.0. The zero-order valence-corrected chi connectivity index (χ0v) is 16.7. The summed E-state index contributed by atoms with van der Waals surface area (Å²) in [6.45, 7) is 9.32. The highest BCUT2D eigenvalue weighted by Gasteiger charge is 2.21. The van der Waals surface area contributed by atoms with Crippen molar-refractivity contribution >= 4 is 6.21 Å². The van der Waals surface area contributed by atoms with E-state index in [-0.39, 0.29) is 6.61 Å². The third-order valence-electron chi connectivity index (χ3n) is 5.89. The lowest BCUT2D eigenvalue weighted by Crippen LogP contribution is -2.45. The van der Waals surface area contributed by atoms with Crippen LogP contribution in [-0.4, -0.2) is 58.4 Å². The maximum absolute atomic E-state index is 9.55. The minimum absolute atomic E-state index is 0.117. The quantitative estimate of drug-likeness (QED) is 0.841. The Balaban J connectivity index is 1.35. The molecule has 0 amide bonds. The van der Waals surface area contributed by atoms with Gasteiger partial charge in [0.1, 0.15) is 0 Å². The van der Waals surface area contributed by atoms with Gasteiger partial charge in [0.25, 0.3) is 0 Å². The topological polar surface area (TPSA) is 44.0 Å². The van der Waals surface area contributed by atoms with E-state index in [0.717, 1.165) is 51.4 Å². The van der Waals surface area contributed by atoms with Crippen LogP contribution in [0.25, 0.3) is 0 Å². The Hall–Kier alpha value is -2.21. The van der Waals surface area contributed by atoms with Gasteiger partial charge in [0.15, 0.2) is 0 Å². The molecule has 2 aliphatic heterocycles. The van der Waals surface area contributed by atoms with Crippen molar-refractivity contribution in [1.82, 2.24) is 14.4 Å². The van der Waals surface area contributed by atoms with Crippen molar-refractivity contribution in [3.8, 4) is 0 Å². The molecule has 1 fully saturated rings. The van der Waals surface area contributed by atoms with Crippen molar-refractivity contribution in [2.75, 3.05) is 32.7 Å². The van der Waals surface area contributed by atoms with Crippen LogP contribution in [0.5, 0.6) is 0 Å². The molecule has 0 bridgehead atoms. The Morgan fingerprint density at radius 3 is 2.36 bits per heavy atom. The first-order chi connectivity index (χ1) is 13.7. The third kappa shape index (κ3) is 4.27. The predicted octanol–water partition coefficient (Wildman–Crippen LogP) is 2.79. The number of piperazine rings is 1. The number of nitrogens with zero attached hydrogens (tertiary/aromatic N) is 4. The molecular formula is C23H30N4O. The fourth-order valence-corrected chi connectivity index (χ4v) is 4.29. The van der Waals surface area contributed by atoms with Gasteiger partial charge in [-0.2, -0.15) is 0 Å². The first kappa shape index (κ1) is 19.1. The van der Waals surface area contributed by atoms with Gasteiger partial charge in [-0.05, 0) is 36.3 Å². The van der Waals surface area contributed by atoms with E-state index in [2.05, 4.69) is 62.7 Å². The van der Waals surface area contributed by atoms with Gasteiger partial charge in [-0.25, -0.2) is 0 Å². The second kappa shape index (κ2) is 8.86. The summed E-state index contributed by atoms with van der Waals surface area (Å²) in [5.74, 6) is 0. The van der Waals surface area contributed by atoms with Crippen molar-refractivity contribution in [1.29, 1.82) is 0 Å². The Labute approximate surface area is 167 Å². The molecule has 0 saturated carbocycles. The molecule has 2 aliphatic rings. The van der Waals surface area contributed by atoms with E-state index in [1.54, 1.807) is 0 Å². The predicted molar refractivity (Wildman–Crippen MR) is 114 cm³/mol. The van der Waals surface area contributed by atoms with E-state index in [1.165, 1.54) is 17.0 Å². The lowest BCUT2D eigenvalue weighted by atomic mass is 10.1. The average Bonchev–Trinajstić information content (AvgIpc) is 3.10. The maximum atomic E-state index is 9.55. The number of aliphatic imine (C=N–C) groups is 1. The molecular weight excluding hydrogens is 348 g/mol. The summed E-state index contributed by atoms with van der Waals surface area (Å²) in [4.78, 5) is 9.48.